The first-order valence-electron chi connectivity index (χ1n) is 3.65. The van der Waals surface area contributed by atoms with E-state index in [1.807, 2.05) is 5.32 Å². The largest absolute Gasteiger partial charge is 0.478 e. The fraction of sp³-hybridized carbons (Fsp3) is 0.286. The van der Waals surface area contributed by atoms with Crippen molar-refractivity contribution in [1.29, 1.82) is 0 Å². The van der Waals surface area contributed by atoms with Gasteiger partial charge in [-0.3, -0.25) is 10.1 Å². The SMILES string of the molecule is CC/C(C(=O)O)=C1\NC(=O)NC1=O. The van der Waals surface area contributed by atoms with Crippen LogP contribution in [0.1, 0.15) is 13.3 Å². The van der Waals surface area contributed by atoms with Gasteiger partial charge in [-0.25, -0.2) is 9.59 Å². The molecular weight excluding hydrogens is 176 g/mol. The second kappa shape index (κ2) is 3.26. The van der Waals surface area contributed by atoms with E-state index in [0.717, 1.165) is 0 Å². The first-order chi connectivity index (χ1) is 6.06. The molecule has 6 nitrogen and oxygen atoms in total. The summed E-state index contributed by atoms with van der Waals surface area (Å²) in [5, 5.41) is 12.7. The lowest BCUT2D eigenvalue weighted by atomic mass is 10.1. The lowest BCUT2D eigenvalue weighted by Gasteiger charge is -2.00. The Kier molecular flexibility index (Phi) is 2.32. The molecule has 3 amide bonds. The predicted molar refractivity (Wildman–Crippen MR) is 41.6 cm³/mol. The van der Waals surface area contributed by atoms with Crippen molar-refractivity contribution in [2.45, 2.75) is 13.3 Å². The van der Waals surface area contributed by atoms with Gasteiger partial charge in [-0.15, -0.1) is 0 Å². The number of imide groups is 1. The quantitative estimate of drug-likeness (QED) is 0.401. The number of amides is 3. The van der Waals surface area contributed by atoms with Crippen LogP contribution in [0.2, 0.25) is 0 Å². The fourth-order valence-electron chi connectivity index (χ4n) is 1.01. The molecule has 1 fully saturated rings. The summed E-state index contributed by atoms with van der Waals surface area (Å²) in [6, 6.07) is -0.688. The van der Waals surface area contributed by atoms with Gasteiger partial charge in [0.15, 0.2) is 0 Å². The van der Waals surface area contributed by atoms with Crippen molar-refractivity contribution in [3.63, 3.8) is 0 Å². The van der Waals surface area contributed by atoms with Gasteiger partial charge in [0.2, 0.25) is 0 Å². The monoisotopic (exact) mass is 184 g/mol. The number of carboxylic acids is 1. The third kappa shape index (κ3) is 1.66. The summed E-state index contributed by atoms with van der Waals surface area (Å²) in [5.74, 6) is -1.89. The Balaban J connectivity index is 3.08. The van der Waals surface area contributed by atoms with Gasteiger partial charge in [0.25, 0.3) is 5.91 Å². The normalized spacial score (nSPS) is 19.5. The van der Waals surface area contributed by atoms with E-state index in [2.05, 4.69) is 5.32 Å². The van der Waals surface area contributed by atoms with E-state index in [1.165, 1.54) is 0 Å². The van der Waals surface area contributed by atoms with Gasteiger partial charge in [0.1, 0.15) is 5.70 Å². The van der Waals surface area contributed by atoms with Crippen molar-refractivity contribution < 1.29 is 19.5 Å². The Bertz CT molecular complexity index is 318. The first kappa shape index (κ1) is 9.24. The molecule has 0 saturated carbocycles. The van der Waals surface area contributed by atoms with Crippen LogP contribution in [0.15, 0.2) is 11.3 Å². The Morgan fingerprint density at radius 1 is 1.38 bits per heavy atom. The molecule has 0 aliphatic carbocycles. The fourth-order valence-corrected chi connectivity index (χ4v) is 1.01. The molecule has 1 aliphatic heterocycles. The maximum absolute atomic E-state index is 11.0. The third-order valence-electron chi connectivity index (χ3n) is 1.61. The molecule has 0 aromatic heterocycles. The number of hydrogen-bond donors (Lipinski definition) is 3. The van der Waals surface area contributed by atoms with E-state index < -0.39 is 17.9 Å². The van der Waals surface area contributed by atoms with Crippen LogP contribution in [0, 0.1) is 0 Å². The molecule has 1 rings (SSSR count). The summed E-state index contributed by atoms with van der Waals surface area (Å²) in [6.07, 6.45) is 0.179. The summed E-state index contributed by atoms with van der Waals surface area (Å²) < 4.78 is 0. The zero-order valence-electron chi connectivity index (χ0n) is 6.88. The van der Waals surface area contributed by atoms with Gasteiger partial charge in [-0.05, 0) is 6.42 Å². The molecule has 0 atom stereocenters. The lowest BCUT2D eigenvalue weighted by Crippen LogP contribution is -2.22. The number of carboxylic acid groups (broad SMARTS) is 1. The molecular formula is C7H8N2O4. The van der Waals surface area contributed by atoms with Crippen LogP contribution in [0.5, 0.6) is 0 Å². The van der Waals surface area contributed by atoms with Crippen LogP contribution in [-0.2, 0) is 9.59 Å². The highest BCUT2D eigenvalue weighted by Gasteiger charge is 2.28. The summed E-state index contributed by atoms with van der Waals surface area (Å²) in [7, 11) is 0. The van der Waals surface area contributed by atoms with Gasteiger partial charge >= 0.3 is 12.0 Å². The topological polar surface area (TPSA) is 95.5 Å². The van der Waals surface area contributed by atoms with Gasteiger partial charge in [0, 0.05) is 0 Å². The van der Waals surface area contributed by atoms with Gasteiger partial charge in [-0.2, -0.15) is 0 Å². The van der Waals surface area contributed by atoms with E-state index in [-0.39, 0.29) is 17.7 Å². The van der Waals surface area contributed by atoms with Crippen LogP contribution < -0.4 is 10.6 Å². The van der Waals surface area contributed by atoms with Gasteiger partial charge in [-0.1, -0.05) is 6.92 Å². The summed E-state index contributed by atoms with van der Waals surface area (Å²) in [6.45, 7) is 1.59. The minimum atomic E-state index is -1.20. The van der Waals surface area contributed by atoms with Crippen LogP contribution in [0.25, 0.3) is 0 Å². The second-order valence-corrected chi connectivity index (χ2v) is 2.42. The van der Waals surface area contributed by atoms with E-state index in [9.17, 15) is 14.4 Å². The van der Waals surface area contributed by atoms with Crippen molar-refractivity contribution in [3.8, 4) is 0 Å². The van der Waals surface area contributed by atoms with Crippen molar-refractivity contribution in [3.05, 3.63) is 11.3 Å². The third-order valence-corrected chi connectivity index (χ3v) is 1.61. The zero-order chi connectivity index (χ0) is 10.0. The average Bonchev–Trinajstić information content (AvgIpc) is 2.31. The number of urea groups is 1. The smallest absolute Gasteiger partial charge is 0.333 e. The van der Waals surface area contributed by atoms with Crippen molar-refractivity contribution in [2.24, 2.45) is 0 Å². The molecule has 0 aromatic carbocycles. The number of nitrogens with one attached hydrogen (secondary N) is 2. The van der Waals surface area contributed by atoms with E-state index >= 15 is 0 Å². The molecule has 3 N–H and O–H groups in total. The lowest BCUT2D eigenvalue weighted by molar-refractivity contribution is -0.133. The number of hydrogen-bond acceptors (Lipinski definition) is 3. The maximum atomic E-state index is 11.0. The van der Waals surface area contributed by atoms with Crippen LogP contribution in [0.4, 0.5) is 4.79 Å². The summed E-state index contributed by atoms with van der Waals surface area (Å²) in [5.41, 5.74) is -0.261. The van der Waals surface area contributed by atoms with Crippen molar-refractivity contribution in [1.82, 2.24) is 10.6 Å². The molecule has 13 heavy (non-hydrogen) atoms. The molecule has 1 aliphatic rings. The van der Waals surface area contributed by atoms with E-state index in [0.29, 0.717) is 0 Å². The molecule has 70 valence electrons. The zero-order valence-corrected chi connectivity index (χ0v) is 6.88. The highest BCUT2D eigenvalue weighted by molar-refractivity contribution is 6.14. The minimum Gasteiger partial charge on any atom is -0.478 e. The molecule has 0 radical (unpaired) electrons. The minimum absolute atomic E-state index is 0.0941. The second-order valence-electron chi connectivity index (χ2n) is 2.42. The molecule has 0 bridgehead atoms. The van der Waals surface area contributed by atoms with Crippen LogP contribution in [0.3, 0.4) is 0 Å². The number of carbonyl (C=O) groups excluding carboxylic acids is 2. The Hall–Kier alpha value is -1.85. The highest BCUT2D eigenvalue weighted by Crippen LogP contribution is 2.09. The Labute approximate surface area is 73.6 Å². The van der Waals surface area contributed by atoms with Gasteiger partial charge < -0.3 is 10.4 Å². The number of aliphatic carboxylic acids is 1. The van der Waals surface area contributed by atoms with E-state index in [1.54, 1.807) is 6.92 Å². The standard InChI is InChI=1S/C7H8N2O4/c1-2-3(6(11)12)4-5(10)9-7(13)8-4/h2H2,1H3,(H,11,12)(H2,8,9,10,13)/b4-3+. The Morgan fingerprint density at radius 2 is 2.00 bits per heavy atom. The molecule has 1 saturated heterocycles. The maximum Gasteiger partial charge on any atom is 0.333 e. The van der Waals surface area contributed by atoms with Crippen LogP contribution >= 0.6 is 0 Å². The number of carbonyl (C=O) groups is 3. The van der Waals surface area contributed by atoms with Crippen molar-refractivity contribution in [2.75, 3.05) is 0 Å². The average molecular weight is 184 g/mol. The van der Waals surface area contributed by atoms with Crippen molar-refractivity contribution >= 4 is 17.9 Å². The first-order valence-corrected chi connectivity index (χ1v) is 3.65. The van der Waals surface area contributed by atoms with Gasteiger partial charge in [0.05, 0.1) is 5.57 Å². The van der Waals surface area contributed by atoms with Crippen LogP contribution in [-0.4, -0.2) is 23.0 Å². The predicted octanol–water partition coefficient (Wildman–Crippen LogP) is -0.426. The molecule has 6 heteroatoms. The summed E-state index contributed by atoms with van der Waals surface area (Å²) >= 11 is 0. The Morgan fingerprint density at radius 3 is 2.31 bits per heavy atom. The van der Waals surface area contributed by atoms with E-state index in [4.69, 9.17) is 5.11 Å². The molecule has 1 heterocycles. The summed E-state index contributed by atoms with van der Waals surface area (Å²) in [4.78, 5) is 32.2. The molecule has 0 spiro atoms. The molecule has 0 aromatic rings. The number of rotatable bonds is 2. The highest BCUT2D eigenvalue weighted by atomic mass is 16.4. The molecule has 0 unspecified atom stereocenters.